The molecule has 0 aliphatic heterocycles. The summed E-state index contributed by atoms with van der Waals surface area (Å²) in [7, 11) is 0. The molecule has 100 valence electrons. The van der Waals surface area contributed by atoms with Crippen LogP contribution in [0.4, 0.5) is 0 Å². The minimum Gasteiger partial charge on any atom is -0.396 e. The lowest BCUT2D eigenvalue weighted by atomic mass is 9.71. The van der Waals surface area contributed by atoms with E-state index in [9.17, 15) is 5.11 Å². The van der Waals surface area contributed by atoms with Crippen molar-refractivity contribution in [3.63, 3.8) is 0 Å². The molecule has 2 saturated carbocycles. The Hall–Kier alpha value is -0.0800. The Balaban J connectivity index is 1.70. The van der Waals surface area contributed by atoms with Crippen LogP contribution in [0.5, 0.6) is 0 Å². The first kappa shape index (κ1) is 13.4. The van der Waals surface area contributed by atoms with Gasteiger partial charge in [-0.1, -0.05) is 33.1 Å². The van der Waals surface area contributed by atoms with Crippen molar-refractivity contribution in [3.05, 3.63) is 0 Å². The number of hydrogen-bond donors (Lipinski definition) is 2. The summed E-state index contributed by atoms with van der Waals surface area (Å²) in [6.07, 6.45) is 9.11. The van der Waals surface area contributed by atoms with Gasteiger partial charge in [-0.2, -0.15) is 0 Å². The van der Waals surface area contributed by atoms with Crippen molar-refractivity contribution in [2.45, 2.75) is 64.8 Å². The van der Waals surface area contributed by atoms with E-state index < -0.39 is 0 Å². The van der Waals surface area contributed by atoms with Crippen molar-refractivity contribution in [2.24, 2.45) is 17.3 Å². The van der Waals surface area contributed by atoms with E-state index in [0.29, 0.717) is 6.61 Å². The topological polar surface area (TPSA) is 32.3 Å². The fraction of sp³-hybridized carbons (Fsp3) is 1.00. The lowest BCUT2D eigenvalue weighted by molar-refractivity contribution is 0.0660. The third kappa shape index (κ3) is 3.23. The van der Waals surface area contributed by atoms with Gasteiger partial charge in [0.05, 0.1) is 0 Å². The fourth-order valence-corrected chi connectivity index (χ4v) is 3.43. The Morgan fingerprint density at radius 1 is 1.18 bits per heavy atom. The molecule has 2 heteroatoms. The van der Waals surface area contributed by atoms with Crippen LogP contribution in [0.3, 0.4) is 0 Å². The molecule has 0 aromatic heterocycles. The van der Waals surface area contributed by atoms with Gasteiger partial charge in [-0.3, -0.25) is 0 Å². The van der Waals surface area contributed by atoms with Crippen molar-refractivity contribution >= 4 is 0 Å². The zero-order valence-electron chi connectivity index (χ0n) is 11.5. The molecule has 0 radical (unpaired) electrons. The van der Waals surface area contributed by atoms with Gasteiger partial charge in [0.15, 0.2) is 0 Å². The second-order valence-electron chi connectivity index (χ2n) is 6.77. The van der Waals surface area contributed by atoms with Crippen LogP contribution in [0.2, 0.25) is 0 Å². The first-order valence-corrected chi connectivity index (χ1v) is 7.49. The number of aliphatic hydroxyl groups excluding tert-OH is 1. The second-order valence-corrected chi connectivity index (χ2v) is 6.77. The predicted molar refractivity (Wildman–Crippen MR) is 72.0 cm³/mol. The molecule has 17 heavy (non-hydrogen) atoms. The van der Waals surface area contributed by atoms with E-state index in [1.165, 1.54) is 44.9 Å². The maximum absolute atomic E-state index is 9.65. The summed E-state index contributed by atoms with van der Waals surface area (Å²) >= 11 is 0. The van der Waals surface area contributed by atoms with Gasteiger partial charge in [0.2, 0.25) is 0 Å². The summed E-state index contributed by atoms with van der Waals surface area (Å²) in [5.74, 6) is 1.78. The maximum atomic E-state index is 9.65. The van der Waals surface area contributed by atoms with Gasteiger partial charge in [-0.15, -0.1) is 0 Å². The lowest BCUT2D eigenvalue weighted by Gasteiger charge is -2.42. The van der Waals surface area contributed by atoms with Crippen molar-refractivity contribution in [3.8, 4) is 0 Å². The highest BCUT2D eigenvalue weighted by Gasteiger charge is 2.35. The highest BCUT2D eigenvalue weighted by Crippen LogP contribution is 2.37. The van der Waals surface area contributed by atoms with E-state index in [-0.39, 0.29) is 5.41 Å². The van der Waals surface area contributed by atoms with Crippen molar-refractivity contribution in [1.29, 1.82) is 0 Å². The van der Waals surface area contributed by atoms with Crippen LogP contribution in [0, 0.1) is 17.3 Å². The standard InChI is InChI=1S/C15H29NO/c1-12(2)13-8-14(9-13)16-10-15(11-17)6-4-3-5-7-15/h12-14,16-17H,3-11H2,1-2H3. The minimum absolute atomic E-state index is 0.209. The first-order chi connectivity index (χ1) is 8.15. The average molecular weight is 239 g/mol. The molecule has 2 fully saturated rings. The molecule has 2 aliphatic carbocycles. The highest BCUT2D eigenvalue weighted by molar-refractivity contribution is 4.90. The summed E-state index contributed by atoms with van der Waals surface area (Å²) in [4.78, 5) is 0. The molecule has 2 N–H and O–H groups in total. The van der Waals surface area contributed by atoms with Crippen LogP contribution in [0.25, 0.3) is 0 Å². The van der Waals surface area contributed by atoms with Gasteiger partial charge in [-0.25, -0.2) is 0 Å². The quantitative estimate of drug-likeness (QED) is 0.773. The maximum Gasteiger partial charge on any atom is 0.0499 e. The Bertz CT molecular complexity index is 227. The van der Waals surface area contributed by atoms with Crippen LogP contribution in [-0.4, -0.2) is 24.3 Å². The van der Waals surface area contributed by atoms with Crippen LogP contribution in [0.15, 0.2) is 0 Å². The van der Waals surface area contributed by atoms with E-state index in [0.717, 1.165) is 24.4 Å². The summed E-state index contributed by atoms with van der Waals surface area (Å²) < 4.78 is 0. The normalized spacial score (nSPS) is 32.5. The van der Waals surface area contributed by atoms with E-state index >= 15 is 0 Å². The number of nitrogens with one attached hydrogen (secondary N) is 1. The molecule has 0 heterocycles. The summed E-state index contributed by atoms with van der Waals surface area (Å²) in [5.41, 5.74) is 0.209. The molecule has 0 bridgehead atoms. The van der Waals surface area contributed by atoms with E-state index in [1.807, 2.05) is 0 Å². The molecule has 0 amide bonds. The Morgan fingerprint density at radius 3 is 2.35 bits per heavy atom. The second kappa shape index (κ2) is 5.71. The highest BCUT2D eigenvalue weighted by atomic mass is 16.3. The third-order valence-electron chi connectivity index (χ3n) is 5.13. The van der Waals surface area contributed by atoms with E-state index in [1.54, 1.807) is 0 Å². The van der Waals surface area contributed by atoms with Crippen LogP contribution < -0.4 is 5.32 Å². The zero-order chi connectivity index (χ0) is 12.3. The van der Waals surface area contributed by atoms with Gasteiger partial charge >= 0.3 is 0 Å². The van der Waals surface area contributed by atoms with Gasteiger partial charge in [-0.05, 0) is 37.5 Å². The molecule has 2 rings (SSSR count). The Morgan fingerprint density at radius 2 is 1.82 bits per heavy atom. The first-order valence-electron chi connectivity index (χ1n) is 7.49. The van der Waals surface area contributed by atoms with Gasteiger partial charge in [0.1, 0.15) is 0 Å². The number of hydrogen-bond acceptors (Lipinski definition) is 2. The molecular weight excluding hydrogens is 210 g/mol. The molecule has 0 aromatic carbocycles. The van der Waals surface area contributed by atoms with Crippen molar-refractivity contribution in [2.75, 3.05) is 13.2 Å². The van der Waals surface area contributed by atoms with E-state index in [4.69, 9.17) is 0 Å². The molecular formula is C15H29NO. The Labute approximate surface area is 106 Å². The average Bonchev–Trinajstić information content (AvgIpc) is 2.28. The summed E-state index contributed by atoms with van der Waals surface area (Å²) in [5, 5.41) is 13.4. The minimum atomic E-state index is 0.209. The summed E-state index contributed by atoms with van der Waals surface area (Å²) in [6.45, 7) is 6.08. The fourth-order valence-electron chi connectivity index (χ4n) is 3.43. The largest absolute Gasteiger partial charge is 0.396 e. The SMILES string of the molecule is CC(C)C1CC(NCC2(CO)CCCCC2)C1. The molecule has 0 saturated heterocycles. The van der Waals surface area contributed by atoms with Crippen molar-refractivity contribution < 1.29 is 5.11 Å². The van der Waals surface area contributed by atoms with Gasteiger partial charge < -0.3 is 10.4 Å². The van der Waals surface area contributed by atoms with Crippen molar-refractivity contribution in [1.82, 2.24) is 5.32 Å². The Kier molecular flexibility index (Phi) is 4.48. The van der Waals surface area contributed by atoms with Gasteiger partial charge in [0.25, 0.3) is 0 Å². The monoisotopic (exact) mass is 239 g/mol. The molecule has 2 nitrogen and oxygen atoms in total. The molecule has 2 aliphatic rings. The van der Waals surface area contributed by atoms with Gasteiger partial charge in [0, 0.05) is 24.6 Å². The van der Waals surface area contributed by atoms with Crippen LogP contribution in [-0.2, 0) is 0 Å². The molecule has 0 atom stereocenters. The molecule has 0 unspecified atom stereocenters. The molecule has 0 spiro atoms. The predicted octanol–water partition coefficient (Wildman–Crippen LogP) is 2.95. The summed E-state index contributed by atoms with van der Waals surface area (Å²) in [6, 6.07) is 0.729. The lowest BCUT2D eigenvalue weighted by Crippen LogP contribution is -2.48. The number of aliphatic hydroxyl groups is 1. The van der Waals surface area contributed by atoms with Crippen LogP contribution in [0.1, 0.15) is 58.8 Å². The number of rotatable bonds is 5. The third-order valence-corrected chi connectivity index (χ3v) is 5.13. The zero-order valence-corrected chi connectivity index (χ0v) is 11.5. The van der Waals surface area contributed by atoms with Crippen LogP contribution >= 0.6 is 0 Å². The van der Waals surface area contributed by atoms with E-state index in [2.05, 4.69) is 19.2 Å². The molecule has 0 aromatic rings. The smallest absolute Gasteiger partial charge is 0.0499 e.